The molecule has 0 bridgehead atoms. The Morgan fingerprint density at radius 1 is 0.882 bits per heavy atom. The standard InChI is InChI=1S/C24H16ClF4NO3S/c25-22-11-6-16(15-4-7-19(26)8-5-15)12-18(22)14-33-23-3-1-2-17-13-20(9-10-21(17)23)30-34(31,32)24(27,28)29/h1-13,30H,14H2. The fourth-order valence-electron chi connectivity index (χ4n) is 3.32. The molecule has 4 rings (SSSR count). The summed E-state index contributed by atoms with van der Waals surface area (Å²) in [7, 11) is -5.53. The average Bonchev–Trinajstić information content (AvgIpc) is 2.78. The number of fused-ring (bicyclic) bond motifs is 1. The molecule has 0 aliphatic heterocycles. The predicted octanol–water partition coefficient (Wildman–Crippen LogP) is 7.14. The van der Waals surface area contributed by atoms with Gasteiger partial charge in [0, 0.05) is 21.7 Å². The lowest BCUT2D eigenvalue weighted by molar-refractivity contribution is -0.0429. The van der Waals surface area contributed by atoms with Crippen molar-refractivity contribution in [2.75, 3.05) is 4.72 Å². The van der Waals surface area contributed by atoms with Crippen LogP contribution in [0.15, 0.2) is 78.9 Å². The normalized spacial score (nSPS) is 12.0. The zero-order valence-corrected chi connectivity index (χ0v) is 18.8. The third-order valence-electron chi connectivity index (χ3n) is 5.00. The molecule has 0 aromatic heterocycles. The van der Waals surface area contributed by atoms with E-state index in [-0.39, 0.29) is 18.1 Å². The van der Waals surface area contributed by atoms with Gasteiger partial charge in [0.2, 0.25) is 0 Å². The molecule has 0 unspecified atom stereocenters. The molecule has 0 saturated heterocycles. The van der Waals surface area contributed by atoms with Crippen LogP contribution >= 0.6 is 11.6 Å². The molecule has 0 heterocycles. The largest absolute Gasteiger partial charge is 0.516 e. The fraction of sp³-hybridized carbons (Fsp3) is 0.0833. The van der Waals surface area contributed by atoms with Crippen molar-refractivity contribution in [1.82, 2.24) is 0 Å². The van der Waals surface area contributed by atoms with Gasteiger partial charge in [-0.05, 0) is 65.0 Å². The van der Waals surface area contributed by atoms with Crippen LogP contribution in [0.2, 0.25) is 5.02 Å². The number of rotatable bonds is 6. The van der Waals surface area contributed by atoms with Gasteiger partial charge < -0.3 is 4.74 Å². The summed E-state index contributed by atoms with van der Waals surface area (Å²) in [6.07, 6.45) is 0. The topological polar surface area (TPSA) is 55.4 Å². The molecule has 4 aromatic rings. The summed E-state index contributed by atoms with van der Waals surface area (Å²) in [6.45, 7) is 0.0927. The molecule has 34 heavy (non-hydrogen) atoms. The maximum atomic E-state index is 13.2. The highest BCUT2D eigenvalue weighted by molar-refractivity contribution is 7.93. The number of nitrogens with one attached hydrogen (secondary N) is 1. The maximum absolute atomic E-state index is 13.2. The highest BCUT2D eigenvalue weighted by Gasteiger charge is 2.46. The monoisotopic (exact) mass is 509 g/mol. The third-order valence-corrected chi connectivity index (χ3v) is 6.49. The molecule has 0 atom stereocenters. The number of alkyl halides is 3. The first-order valence-corrected chi connectivity index (χ1v) is 11.7. The van der Waals surface area contributed by atoms with Crippen LogP contribution in [-0.4, -0.2) is 13.9 Å². The minimum absolute atomic E-state index is 0.0927. The Morgan fingerprint density at radius 3 is 2.29 bits per heavy atom. The third kappa shape index (κ3) is 5.10. The van der Waals surface area contributed by atoms with Gasteiger partial charge in [-0.2, -0.15) is 21.6 Å². The summed E-state index contributed by atoms with van der Waals surface area (Å²) in [5, 5.41) is 1.52. The van der Waals surface area contributed by atoms with E-state index in [4.69, 9.17) is 16.3 Å². The van der Waals surface area contributed by atoms with Gasteiger partial charge in [-0.1, -0.05) is 41.9 Å². The number of sulfonamides is 1. The van der Waals surface area contributed by atoms with Crippen molar-refractivity contribution in [2.45, 2.75) is 12.1 Å². The zero-order valence-electron chi connectivity index (χ0n) is 17.2. The Hall–Kier alpha value is -3.30. The van der Waals surface area contributed by atoms with Gasteiger partial charge in [-0.3, -0.25) is 4.72 Å². The minimum Gasteiger partial charge on any atom is -0.488 e. The number of ether oxygens (including phenoxy) is 1. The summed E-state index contributed by atoms with van der Waals surface area (Å²) in [4.78, 5) is 0. The molecule has 0 aliphatic rings. The molecule has 0 amide bonds. The Morgan fingerprint density at radius 2 is 1.59 bits per heavy atom. The maximum Gasteiger partial charge on any atom is 0.516 e. The van der Waals surface area contributed by atoms with Crippen LogP contribution < -0.4 is 9.46 Å². The van der Waals surface area contributed by atoms with E-state index in [1.54, 1.807) is 42.5 Å². The smallest absolute Gasteiger partial charge is 0.488 e. The van der Waals surface area contributed by atoms with Crippen LogP contribution in [0.25, 0.3) is 21.9 Å². The average molecular weight is 510 g/mol. The summed E-state index contributed by atoms with van der Waals surface area (Å²) in [5.41, 5.74) is -3.35. The summed E-state index contributed by atoms with van der Waals surface area (Å²) in [6, 6.07) is 20.3. The van der Waals surface area contributed by atoms with Crippen molar-refractivity contribution in [3.8, 4) is 16.9 Å². The molecule has 176 valence electrons. The highest BCUT2D eigenvalue weighted by Crippen LogP contribution is 2.32. The van der Waals surface area contributed by atoms with Crippen LogP contribution in [0, 0.1) is 5.82 Å². The van der Waals surface area contributed by atoms with Crippen molar-refractivity contribution in [3.05, 3.63) is 95.3 Å². The van der Waals surface area contributed by atoms with Gasteiger partial charge in [0.15, 0.2) is 0 Å². The Kier molecular flexibility index (Phi) is 6.42. The molecule has 1 N–H and O–H groups in total. The zero-order chi connectivity index (χ0) is 24.5. The number of hydrogen-bond donors (Lipinski definition) is 1. The van der Waals surface area contributed by atoms with E-state index in [1.807, 2.05) is 6.07 Å². The minimum atomic E-state index is -5.53. The van der Waals surface area contributed by atoms with E-state index < -0.39 is 15.5 Å². The van der Waals surface area contributed by atoms with E-state index in [1.165, 1.54) is 35.1 Å². The van der Waals surface area contributed by atoms with Crippen LogP contribution in [-0.2, 0) is 16.6 Å². The highest BCUT2D eigenvalue weighted by atomic mass is 35.5. The van der Waals surface area contributed by atoms with Crippen molar-refractivity contribution in [3.63, 3.8) is 0 Å². The van der Waals surface area contributed by atoms with E-state index in [2.05, 4.69) is 0 Å². The molecular formula is C24H16ClF4NO3S. The molecule has 0 aliphatic carbocycles. The van der Waals surface area contributed by atoms with E-state index in [0.29, 0.717) is 27.1 Å². The number of anilines is 1. The van der Waals surface area contributed by atoms with E-state index in [0.717, 1.165) is 11.1 Å². The first kappa shape index (κ1) is 23.8. The van der Waals surface area contributed by atoms with Gasteiger partial charge in [0.1, 0.15) is 18.2 Å². The second kappa shape index (κ2) is 9.15. The van der Waals surface area contributed by atoms with Crippen molar-refractivity contribution >= 4 is 38.1 Å². The summed E-state index contributed by atoms with van der Waals surface area (Å²) in [5.74, 6) is 0.0950. The van der Waals surface area contributed by atoms with Gasteiger partial charge in [-0.25, -0.2) is 4.39 Å². The molecule has 10 heteroatoms. The molecule has 0 radical (unpaired) electrons. The second-order valence-corrected chi connectivity index (χ2v) is 9.43. The molecule has 4 aromatic carbocycles. The fourth-order valence-corrected chi connectivity index (χ4v) is 4.04. The Bertz CT molecular complexity index is 1460. The molecule has 4 nitrogen and oxygen atoms in total. The molecular weight excluding hydrogens is 494 g/mol. The van der Waals surface area contributed by atoms with E-state index in [9.17, 15) is 26.0 Å². The van der Waals surface area contributed by atoms with Crippen LogP contribution in [0.5, 0.6) is 5.75 Å². The molecule has 0 saturated carbocycles. The SMILES string of the molecule is O=S(=O)(Nc1ccc2c(OCc3cc(-c4ccc(F)cc4)ccc3Cl)cccc2c1)C(F)(F)F. The van der Waals surface area contributed by atoms with Crippen LogP contribution in [0.4, 0.5) is 23.2 Å². The quantitative estimate of drug-likeness (QED) is 0.281. The Labute approximate surface area is 197 Å². The number of halogens is 5. The lowest BCUT2D eigenvalue weighted by Gasteiger charge is -2.14. The first-order chi connectivity index (χ1) is 16.0. The van der Waals surface area contributed by atoms with Crippen molar-refractivity contribution < 1.29 is 30.7 Å². The van der Waals surface area contributed by atoms with Gasteiger partial charge in [0.25, 0.3) is 0 Å². The van der Waals surface area contributed by atoms with Gasteiger partial charge >= 0.3 is 15.5 Å². The molecule has 0 spiro atoms. The Balaban J connectivity index is 1.57. The van der Waals surface area contributed by atoms with Crippen LogP contribution in [0.1, 0.15) is 5.56 Å². The number of benzene rings is 4. The lowest BCUT2D eigenvalue weighted by Crippen LogP contribution is -2.29. The second-order valence-electron chi connectivity index (χ2n) is 7.35. The summed E-state index contributed by atoms with van der Waals surface area (Å²) >= 11 is 6.32. The first-order valence-electron chi connectivity index (χ1n) is 9.82. The van der Waals surface area contributed by atoms with Crippen molar-refractivity contribution in [2.24, 2.45) is 0 Å². The number of hydrogen-bond acceptors (Lipinski definition) is 3. The predicted molar refractivity (Wildman–Crippen MR) is 124 cm³/mol. The summed E-state index contributed by atoms with van der Waals surface area (Å²) < 4.78 is 81.4. The van der Waals surface area contributed by atoms with Crippen molar-refractivity contribution in [1.29, 1.82) is 0 Å². The lowest BCUT2D eigenvalue weighted by atomic mass is 10.0. The van der Waals surface area contributed by atoms with Gasteiger partial charge in [0.05, 0.1) is 0 Å². The van der Waals surface area contributed by atoms with E-state index >= 15 is 0 Å². The van der Waals surface area contributed by atoms with Gasteiger partial charge in [-0.15, -0.1) is 0 Å². The molecule has 0 fully saturated rings. The van der Waals surface area contributed by atoms with Crippen LogP contribution in [0.3, 0.4) is 0 Å².